The highest BCUT2D eigenvalue weighted by Gasteiger charge is 2.26. The first kappa shape index (κ1) is 12.2. The third-order valence-corrected chi connectivity index (χ3v) is 1.75. The lowest BCUT2D eigenvalue weighted by Crippen LogP contribution is -2.17. The summed E-state index contributed by atoms with van der Waals surface area (Å²) in [7, 11) is 0. The predicted molar refractivity (Wildman–Crippen MR) is 44.5 cm³/mol. The highest BCUT2D eigenvalue weighted by molar-refractivity contribution is 9.09. The molecule has 0 aliphatic heterocycles. The zero-order valence-electron chi connectivity index (χ0n) is 6.66. The van der Waals surface area contributed by atoms with Crippen LogP contribution in [0.3, 0.4) is 0 Å². The van der Waals surface area contributed by atoms with Crippen molar-refractivity contribution in [2.24, 2.45) is 0 Å². The number of rotatable bonds is 6. The van der Waals surface area contributed by atoms with E-state index in [4.69, 9.17) is 0 Å². The Morgan fingerprint density at radius 1 is 1.08 bits per heavy atom. The summed E-state index contributed by atoms with van der Waals surface area (Å²) < 4.78 is 38.9. The van der Waals surface area contributed by atoms with Gasteiger partial charge in [-0.15, -0.1) is 0 Å². The first-order valence-electron chi connectivity index (χ1n) is 3.77. The van der Waals surface area contributed by atoms with E-state index in [0.29, 0.717) is 6.42 Å². The van der Waals surface area contributed by atoms with Crippen molar-refractivity contribution in [1.29, 1.82) is 0 Å². The second kappa shape index (κ2) is 6.71. The lowest BCUT2D eigenvalue weighted by atomic mass is 10.3. The van der Waals surface area contributed by atoms with Crippen LogP contribution in [-0.2, 0) is 4.74 Å². The zero-order valence-corrected chi connectivity index (χ0v) is 8.25. The van der Waals surface area contributed by atoms with Crippen LogP contribution in [0.25, 0.3) is 0 Å². The SMILES string of the molecule is FC(F)(F)COCCCCCBr. The van der Waals surface area contributed by atoms with E-state index in [9.17, 15) is 13.2 Å². The van der Waals surface area contributed by atoms with Gasteiger partial charge in [0.25, 0.3) is 0 Å². The molecule has 0 unspecified atom stereocenters. The van der Waals surface area contributed by atoms with Crippen LogP contribution >= 0.6 is 15.9 Å². The van der Waals surface area contributed by atoms with Gasteiger partial charge in [-0.05, 0) is 12.8 Å². The van der Waals surface area contributed by atoms with Crippen molar-refractivity contribution in [2.75, 3.05) is 18.5 Å². The molecule has 0 saturated carbocycles. The van der Waals surface area contributed by atoms with Crippen molar-refractivity contribution >= 4 is 15.9 Å². The molecule has 0 aliphatic rings. The van der Waals surface area contributed by atoms with Crippen molar-refractivity contribution in [1.82, 2.24) is 0 Å². The molecule has 0 N–H and O–H groups in total. The predicted octanol–water partition coefficient (Wildman–Crippen LogP) is 3.13. The van der Waals surface area contributed by atoms with E-state index in [-0.39, 0.29) is 6.61 Å². The Bertz CT molecular complexity index is 105. The number of ether oxygens (including phenoxy) is 1. The van der Waals surface area contributed by atoms with Gasteiger partial charge >= 0.3 is 6.18 Å². The number of hydrogen-bond acceptors (Lipinski definition) is 1. The molecule has 0 heterocycles. The van der Waals surface area contributed by atoms with Crippen LogP contribution < -0.4 is 0 Å². The minimum Gasteiger partial charge on any atom is -0.372 e. The molecule has 0 atom stereocenters. The maximum atomic E-state index is 11.5. The lowest BCUT2D eigenvalue weighted by molar-refractivity contribution is -0.174. The molecule has 0 radical (unpaired) electrons. The van der Waals surface area contributed by atoms with Gasteiger partial charge in [0.05, 0.1) is 0 Å². The van der Waals surface area contributed by atoms with E-state index >= 15 is 0 Å². The summed E-state index contributed by atoms with van der Waals surface area (Å²) in [5.41, 5.74) is 0. The normalized spacial score (nSPS) is 12.0. The quantitative estimate of drug-likeness (QED) is 0.519. The Balaban J connectivity index is 3.01. The van der Waals surface area contributed by atoms with Crippen LogP contribution in [0.4, 0.5) is 13.2 Å². The van der Waals surface area contributed by atoms with Gasteiger partial charge in [0.2, 0.25) is 0 Å². The molecule has 1 nitrogen and oxygen atoms in total. The van der Waals surface area contributed by atoms with Gasteiger partial charge in [0.1, 0.15) is 6.61 Å². The number of alkyl halides is 4. The monoisotopic (exact) mass is 248 g/mol. The van der Waals surface area contributed by atoms with Crippen LogP contribution in [0.15, 0.2) is 0 Å². The molecular formula is C7H12BrF3O. The fourth-order valence-corrected chi connectivity index (χ4v) is 1.06. The van der Waals surface area contributed by atoms with Gasteiger partial charge in [-0.1, -0.05) is 22.4 Å². The second-order valence-electron chi connectivity index (χ2n) is 2.42. The fourth-order valence-electron chi connectivity index (χ4n) is 0.663. The lowest BCUT2D eigenvalue weighted by Gasteiger charge is -2.06. The van der Waals surface area contributed by atoms with E-state index in [1.165, 1.54) is 0 Å². The van der Waals surface area contributed by atoms with Crippen molar-refractivity contribution in [2.45, 2.75) is 25.4 Å². The van der Waals surface area contributed by atoms with Crippen LogP contribution in [0.2, 0.25) is 0 Å². The molecule has 0 aromatic heterocycles. The smallest absolute Gasteiger partial charge is 0.372 e. The van der Waals surface area contributed by atoms with Gasteiger partial charge in [0, 0.05) is 11.9 Å². The summed E-state index contributed by atoms with van der Waals surface area (Å²) in [5.74, 6) is 0. The summed E-state index contributed by atoms with van der Waals surface area (Å²) in [6.45, 7) is -0.923. The fraction of sp³-hybridized carbons (Fsp3) is 1.00. The molecule has 0 saturated heterocycles. The summed E-state index contributed by atoms with van der Waals surface area (Å²) in [4.78, 5) is 0. The average Bonchev–Trinajstić information content (AvgIpc) is 1.94. The third kappa shape index (κ3) is 10.2. The highest BCUT2D eigenvalue weighted by atomic mass is 79.9. The van der Waals surface area contributed by atoms with Crippen LogP contribution in [0.1, 0.15) is 19.3 Å². The van der Waals surface area contributed by atoms with Gasteiger partial charge in [-0.25, -0.2) is 0 Å². The summed E-state index contributed by atoms with van der Waals surface area (Å²) in [6.07, 6.45) is -1.60. The molecular weight excluding hydrogens is 237 g/mol. The van der Waals surface area contributed by atoms with Gasteiger partial charge in [0.15, 0.2) is 0 Å². The maximum absolute atomic E-state index is 11.5. The van der Waals surface area contributed by atoms with E-state index in [1.54, 1.807) is 0 Å². The minimum absolute atomic E-state index is 0.201. The van der Waals surface area contributed by atoms with Gasteiger partial charge < -0.3 is 4.74 Å². The summed E-state index contributed by atoms with van der Waals surface area (Å²) in [5, 5.41) is 0.895. The molecule has 0 bridgehead atoms. The largest absolute Gasteiger partial charge is 0.411 e. The molecule has 12 heavy (non-hydrogen) atoms. The van der Waals surface area contributed by atoms with E-state index in [2.05, 4.69) is 20.7 Å². The summed E-state index contributed by atoms with van der Waals surface area (Å²) in [6, 6.07) is 0. The molecule has 5 heteroatoms. The summed E-state index contributed by atoms with van der Waals surface area (Å²) >= 11 is 3.23. The molecule has 0 amide bonds. The Morgan fingerprint density at radius 3 is 2.25 bits per heavy atom. The van der Waals surface area contributed by atoms with Gasteiger partial charge in [-0.2, -0.15) is 13.2 Å². The molecule has 0 spiro atoms. The second-order valence-corrected chi connectivity index (χ2v) is 3.21. The van der Waals surface area contributed by atoms with E-state index in [0.717, 1.165) is 18.2 Å². The molecule has 0 aromatic carbocycles. The molecule has 0 aromatic rings. The van der Waals surface area contributed by atoms with E-state index in [1.807, 2.05) is 0 Å². The Hall–Kier alpha value is 0.230. The van der Waals surface area contributed by atoms with Crippen LogP contribution in [0, 0.1) is 0 Å². The molecule has 0 aliphatic carbocycles. The zero-order chi connectivity index (χ0) is 9.45. The van der Waals surface area contributed by atoms with Crippen molar-refractivity contribution in [3.8, 4) is 0 Å². The minimum atomic E-state index is -4.19. The third-order valence-electron chi connectivity index (χ3n) is 1.19. The first-order chi connectivity index (χ1) is 5.56. The maximum Gasteiger partial charge on any atom is 0.411 e. The van der Waals surface area contributed by atoms with Gasteiger partial charge in [-0.3, -0.25) is 0 Å². The Morgan fingerprint density at radius 2 is 1.75 bits per heavy atom. The highest BCUT2D eigenvalue weighted by Crippen LogP contribution is 2.14. The topological polar surface area (TPSA) is 9.23 Å². The van der Waals surface area contributed by atoms with Crippen LogP contribution in [0.5, 0.6) is 0 Å². The van der Waals surface area contributed by atoms with Crippen molar-refractivity contribution in [3.05, 3.63) is 0 Å². The van der Waals surface area contributed by atoms with Crippen molar-refractivity contribution < 1.29 is 17.9 Å². The number of hydrogen-bond donors (Lipinski definition) is 0. The standard InChI is InChI=1S/C7H12BrF3O/c8-4-2-1-3-5-12-6-7(9,10)11/h1-6H2. The first-order valence-corrected chi connectivity index (χ1v) is 4.89. The number of halogens is 4. The van der Waals surface area contributed by atoms with Crippen LogP contribution in [-0.4, -0.2) is 24.7 Å². The Kier molecular flexibility index (Phi) is 6.84. The average molecular weight is 249 g/mol. The molecule has 0 fully saturated rings. The van der Waals surface area contributed by atoms with Crippen molar-refractivity contribution in [3.63, 3.8) is 0 Å². The van der Waals surface area contributed by atoms with E-state index < -0.39 is 12.8 Å². The molecule has 0 rings (SSSR count). The number of unbranched alkanes of at least 4 members (excludes halogenated alkanes) is 2. The Labute approximate surface area is 78.4 Å². The molecule has 74 valence electrons.